The van der Waals surface area contributed by atoms with Gasteiger partial charge >= 0.3 is 0 Å². The van der Waals surface area contributed by atoms with Crippen LogP contribution in [0.15, 0.2) is 29.1 Å². The van der Waals surface area contributed by atoms with Gasteiger partial charge in [-0.3, -0.25) is 9.36 Å². The summed E-state index contributed by atoms with van der Waals surface area (Å²) in [6.45, 7) is 6.96. The number of nitrogens with zero attached hydrogens (tertiary/aromatic N) is 2. The van der Waals surface area contributed by atoms with E-state index in [0.29, 0.717) is 12.5 Å². The lowest BCUT2D eigenvalue weighted by Crippen LogP contribution is -2.26. The van der Waals surface area contributed by atoms with Crippen LogP contribution in [0.1, 0.15) is 33.6 Å². The van der Waals surface area contributed by atoms with E-state index >= 15 is 0 Å². The molecule has 0 spiro atoms. The molecule has 0 saturated carbocycles. The van der Waals surface area contributed by atoms with Crippen LogP contribution in [0.25, 0.3) is 20.3 Å². The summed E-state index contributed by atoms with van der Waals surface area (Å²) in [5, 5.41) is 4.39. The number of unbranched alkanes of at least 4 members (excludes halogenated alkanes) is 1. The van der Waals surface area contributed by atoms with Gasteiger partial charge in [0.1, 0.15) is 4.70 Å². The summed E-state index contributed by atoms with van der Waals surface area (Å²) < 4.78 is 3.67. The summed E-state index contributed by atoms with van der Waals surface area (Å²) in [5.41, 5.74) is 0.893. The molecule has 0 radical (unpaired) electrons. The van der Waals surface area contributed by atoms with Crippen molar-refractivity contribution in [3.8, 4) is 0 Å². The van der Waals surface area contributed by atoms with Gasteiger partial charge in [0.25, 0.3) is 5.56 Å². The number of benzene rings is 1. The van der Waals surface area contributed by atoms with Gasteiger partial charge in [-0.05, 0) is 26.3 Å². The molecular weight excluding hydrogens is 294 g/mol. The van der Waals surface area contributed by atoms with Crippen molar-refractivity contribution in [2.75, 3.05) is 5.32 Å². The van der Waals surface area contributed by atoms with Gasteiger partial charge in [0.05, 0.1) is 5.52 Å². The van der Waals surface area contributed by atoms with Crippen LogP contribution < -0.4 is 10.9 Å². The van der Waals surface area contributed by atoms with Crippen LogP contribution in [0.4, 0.5) is 5.95 Å². The van der Waals surface area contributed by atoms with Gasteiger partial charge in [-0.1, -0.05) is 31.5 Å². The van der Waals surface area contributed by atoms with E-state index in [9.17, 15) is 4.79 Å². The molecule has 4 nitrogen and oxygen atoms in total. The predicted octanol–water partition coefficient (Wildman–Crippen LogP) is 4.23. The number of aromatic nitrogens is 2. The van der Waals surface area contributed by atoms with E-state index in [2.05, 4.69) is 26.1 Å². The van der Waals surface area contributed by atoms with Crippen LogP contribution in [0.5, 0.6) is 0 Å². The summed E-state index contributed by atoms with van der Waals surface area (Å²) in [6.07, 6.45) is 2.03. The lowest BCUT2D eigenvalue weighted by molar-refractivity contribution is 0.610. The standard InChI is InChI=1S/C17H21N3OS/c1-4-5-10-20-16(21)15-14(19-17(20)18-11(2)3)12-8-6-7-9-13(12)22-15/h6-9,11H,4-5,10H2,1-3H3,(H,18,19). The highest BCUT2D eigenvalue weighted by Crippen LogP contribution is 2.31. The second kappa shape index (κ2) is 6.08. The lowest BCUT2D eigenvalue weighted by Gasteiger charge is -2.15. The highest BCUT2D eigenvalue weighted by atomic mass is 32.1. The first-order valence-electron chi connectivity index (χ1n) is 7.80. The molecule has 3 rings (SSSR count). The topological polar surface area (TPSA) is 46.9 Å². The number of nitrogens with one attached hydrogen (secondary N) is 1. The number of anilines is 1. The van der Waals surface area contributed by atoms with E-state index < -0.39 is 0 Å². The monoisotopic (exact) mass is 315 g/mol. The fourth-order valence-electron chi connectivity index (χ4n) is 2.56. The Kier molecular flexibility index (Phi) is 4.16. The number of hydrogen-bond donors (Lipinski definition) is 1. The van der Waals surface area contributed by atoms with E-state index in [4.69, 9.17) is 4.98 Å². The second-order valence-electron chi connectivity index (χ2n) is 5.82. The van der Waals surface area contributed by atoms with Crippen molar-refractivity contribution in [2.24, 2.45) is 0 Å². The zero-order valence-corrected chi connectivity index (χ0v) is 14.0. The smallest absolute Gasteiger partial charge is 0.272 e. The Morgan fingerprint density at radius 1 is 1.32 bits per heavy atom. The first kappa shape index (κ1) is 15.0. The zero-order chi connectivity index (χ0) is 15.7. The predicted molar refractivity (Wildman–Crippen MR) is 95.1 cm³/mol. The molecule has 22 heavy (non-hydrogen) atoms. The summed E-state index contributed by atoms with van der Waals surface area (Å²) in [5.74, 6) is 0.685. The summed E-state index contributed by atoms with van der Waals surface area (Å²) >= 11 is 1.54. The molecule has 1 N–H and O–H groups in total. The quantitative estimate of drug-likeness (QED) is 0.766. The van der Waals surface area contributed by atoms with Crippen LogP contribution in [0, 0.1) is 0 Å². The molecule has 0 aliphatic heterocycles. The Bertz CT molecular complexity index is 863. The van der Waals surface area contributed by atoms with E-state index in [1.807, 2.05) is 24.3 Å². The molecule has 0 atom stereocenters. The zero-order valence-electron chi connectivity index (χ0n) is 13.2. The molecule has 0 bridgehead atoms. The van der Waals surface area contributed by atoms with E-state index in [1.165, 1.54) is 11.3 Å². The summed E-state index contributed by atoms with van der Waals surface area (Å²) in [7, 11) is 0. The van der Waals surface area contributed by atoms with Crippen LogP contribution in [-0.4, -0.2) is 15.6 Å². The number of rotatable bonds is 5. The number of fused-ring (bicyclic) bond motifs is 3. The molecule has 2 aromatic heterocycles. The third-order valence-corrected chi connectivity index (χ3v) is 4.78. The normalized spacial score (nSPS) is 11.6. The molecule has 0 amide bonds. The molecule has 5 heteroatoms. The molecule has 2 heterocycles. The Morgan fingerprint density at radius 2 is 2.09 bits per heavy atom. The van der Waals surface area contributed by atoms with Gasteiger partial charge < -0.3 is 5.32 Å². The second-order valence-corrected chi connectivity index (χ2v) is 6.87. The van der Waals surface area contributed by atoms with Gasteiger partial charge in [0.2, 0.25) is 5.95 Å². The minimum absolute atomic E-state index is 0.0720. The van der Waals surface area contributed by atoms with E-state index in [0.717, 1.165) is 33.1 Å². The van der Waals surface area contributed by atoms with Crippen molar-refractivity contribution in [3.63, 3.8) is 0 Å². The third kappa shape index (κ3) is 2.61. The molecule has 3 aromatic rings. The summed E-state index contributed by atoms with van der Waals surface area (Å²) in [4.78, 5) is 17.7. The average molecular weight is 315 g/mol. The Morgan fingerprint density at radius 3 is 2.82 bits per heavy atom. The molecule has 0 saturated heterocycles. The van der Waals surface area contributed by atoms with Crippen molar-refractivity contribution in [3.05, 3.63) is 34.6 Å². The fraction of sp³-hybridized carbons (Fsp3) is 0.412. The Hall–Kier alpha value is -1.88. The van der Waals surface area contributed by atoms with Gasteiger partial charge in [-0.25, -0.2) is 4.98 Å². The third-order valence-electron chi connectivity index (χ3n) is 3.64. The van der Waals surface area contributed by atoms with E-state index in [1.54, 1.807) is 4.57 Å². The van der Waals surface area contributed by atoms with Crippen molar-refractivity contribution in [2.45, 2.75) is 46.2 Å². The first-order chi connectivity index (χ1) is 10.6. The molecule has 0 unspecified atom stereocenters. The fourth-order valence-corrected chi connectivity index (χ4v) is 3.66. The number of thiophene rings is 1. The SMILES string of the molecule is CCCCn1c(NC(C)C)nc2c(sc3ccccc32)c1=O. The molecular formula is C17H21N3OS. The largest absolute Gasteiger partial charge is 0.353 e. The first-order valence-corrected chi connectivity index (χ1v) is 8.62. The van der Waals surface area contributed by atoms with Gasteiger partial charge in [0.15, 0.2) is 0 Å². The molecule has 1 aromatic carbocycles. The van der Waals surface area contributed by atoms with Crippen LogP contribution in [0.2, 0.25) is 0 Å². The number of hydrogen-bond acceptors (Lipinski definition) is 4. The Balaban J connectivity index is 2.28. The van der Waals surface area contributed by atoms with Crippen molar-refractivity contribution in [1.82, 2.24) is 9.55 Å². The minimum Gasteiger partial charge on any atom is -0.353 e. The molecule has 0 fully saturated rings. The van der Waals surface area contributed by atoms with Crippen LogP contribution in [-0.2, 0) is 6.54 Å². The van der Waals surface area contributed by atoms with E-state index in [-0.39, 0.29) is 11.6 Å². The van der Waals surface area contributed by atoms with Crippen molar-refractivity contribution >= 4 is 37.6 Å². The van der Waals surface area contributed by atoms with Crippen LogP contribution >= 0.6 is 11.3 Å². The lowest BCUT2D eigenvalue weighted by atomic mass is 10.2. The highest BCUT2D eigenvalue weighted by molar-refractivity contribution is 7.25. The van der Waals surface area contributed by atoms with Gasteiger partial charge in [-0.15, -0.1) is 11.3 Å². The maximum absolute atomic E-state index is 12.9. The highest BCUT2D eigenvalue weighted by Gasteiger charge is 2.15. The minimum atomic E-state index is 0.0720. The van der Waals surface area contributed by atoms with Crippen molar-refractivity contribution in [1.29, 1.82) is 0 Å². The average Bonchev–Trinajstić information content (AvgIpc) is 2.86. The Labute approximate surface area is 133 Å². The summed E-state index contributed by atoms with van der Waals surface area (Å²) in [6, 6.07) is 8.32. The van der Waals surface area contributed by atoms with Gasteiger partial charge in [-0.2, -0.15) is 0 Å². The maximum Gasteiger partial charge on any atom is 0.272 e. The van der Waals surface area contributed by atoms with Crippen LogP contribution in [0.3, 0.4) is 0 Å². The van der Waals surface area contributed by atoms with Gasteiger partial charge in [0, 0.05) is 22.7 Å². The molecule has 0 aliphatic carbocycles. The molecule has 116 valence electrons. The maximum atomic E-state index is 12.9. The van der Waals surface area contributed by atoms with Crippen molar-refractivity contribution < 1.29 is 0 Å². The molecule has 0 aliphatic rings.